The Hall–Kier alpha value is -2.35. The molecule has 0 saturated heterocycles. The standard InChI is InChI=1S/C16H19N5O2S/c1-2-17-15-8-12(5-6-18-15)13-7-14-16(19-9-13)20-24(22,23)21(14)10-11-3-4-11/h5-9,11H,2-4,10H2,1H3,(H,17,18)(H,19,20). The zero-order valence-electron chi connectivity index (χ0n) is 13.4. The molecule has 0 bridgehead atoms. The fourth-order valence-electron chi connectivity index (χ4n) is 2.81. The Morgan fingerprint density at radius 1 is 1.29 bits per heavy atom. The third-order valence-corrected chi connectivity index (χ3v) is 5.60. The molecule has 0 amide bonds. The predicted molar refractivity (Wildman–Crippen MR) is 94.2 cm³/mol. The normalized spacial score (nSPS) is 18.1. The van der Waals surface area contributed by atoms with Crippen LogP contribution in [0.15, 0.2) is 30.6 Å². The van der Waals surface area contributed by atoms with Crippen LogP contribution in [0, 0.1) is 5.92 Å². The molecule has 3 heterocycles. The fourth-order valence-corrected chi connectivity index (χ4v) is 4.12. The Morgan fingerprint density at radius 2 is 2.12 bits per heavy atom. The van der Waals surface area contributed by atoms with Gasteiger partial charge in [-0.3, -0.25) is 0 Å². The van der Waals surface area contributed by atoms with Crippen LogP contribution in [0.5, 0.6) is 0 Å². The van der Waals surface area contributed by atoms with Crippen LogP contribution >= 0.6 is 0 Å². The van der Waals surface area contributed by atoms with Crippen LogP contribution < -0.4 is 14.3 Å². The van der Waals surface area contributed by atoms with Crippen LogP contribution in [0.25, 0.3) is 11.1 Å². The van der Waals surface area contributed by atoms with Crippen LogP contribution in [0.1, 0.15) is 19.8 Å². The summed E-state index contributed by atoms with van der Waals surface area (Å²) in [5.41, 5.74) is 2.45. The third-order valence-electron chi connectivity index (χ3n) is 4.22. The van der Waals surface area contributed by atoms with E-state index in [9.17, 15) is 8.42 Å². The summed E-state index contributed by atoms with van der Waals surface area (Å²) in [6, 6.07) is 5.72. The minimum absolute atomic E-state index is 0.403. The van der Waals surface area contributed by atoms with Gasteiger partial charge < -0.3 is 5.32 Å². The van der Waals surface area contributed by atoms with Gasteiger partial charge in [0.1, 0.15) is 5.82 Å². The van der Waals surface area contributed by atoms with Crippen molar-refractivity contribution in [2.75, 3.05) is 27.4 Å². The van der Waals surface area contributed by atoms with Crippen molar-refractivity contribution in [3.8, 4) is 11.1 Å². The van der Waals surface area contributed by atoms with Gasteiger partial charge in [0.15, 0.2) is 5.82 Å². The average molecular weight is 345 g/mol. The van der Waals surface area contributed by atoms with Gasteiger partial charge in [0.25, 0.3) is 0 Å². The fraction of sp³-hybridized carbons (Fsp3) is 0.375. The highest BCUT2D eigenvalue weighted by molar-refractivity contribution is 7.94. The minimum Gasteiger partial charge on any atom is -0.370 e. The monoisotopic (exact) mass is 345 g/mol. The maximum absolute atomic E-state index is 12.3. The second kappa shape index (κ2) is 5.62. The maximum Gasteiger partial charge on any atom is 0.325 e. The van der Waals surface area contributed by atoms with Crippen molar-refractivity contribution in [1.82, 2.24) is 9.97 Å². The van der Waals surface area contributed by atoms with Crippen molar-refractivity contribution in [2.45, 2.75) is 19.8 Å². The molecule has 1 aliphatic heterocycles. The Balaban J connectivity index is 1.72. The van der Waals surface area contributed by atoms with Gasteiger partial charge >= 0.3 is 10.2 Å². The van der Waals surface area contributed by atoms with Crippen molar-refractivity contribution in [3.05, 3.63) is 30.6 Å². The highest BCUT2D eigenvalue weighted by atomic mass is 32.2. The zero-order chi connectivity index (χ0) is 16.7. The molecule has 0 atom stereocenters. The summed E-state index contributed by atoms with van der Waals surface area (Å²) in [6.07, 6.45) is 5.60. The van der Waals surface area contributed by atoms with Gasteiger partial charge in [-0.05, 0) is 49.4 Å². The number of hydrogen-bond acceptors (Lipinski definition) is 5. The summed E-state index contributed by atoms with van der Waals surface area (Å²) in [4.78, 5) is 8.57. The lowest BCUT2D eigenvalue weighted by molar-refractivity contribution is 0.596. The SMILES string of the molecule is CCNc1cc(-c2cnc3c(c2)N(CC2CC2)S(=O)(=O)N3)ccn1. The summed E-state index contributed by atoms with van der Waals surface area (Å²) in [7, 11) is -3.52. The number of rotatable bonds is 5. The molecule has 126 valence electrons. The molecule has 0 spiro atoms. The maximum atomic E-state index is 12.3. The lowest BCUT2D eigenvalue weighted by Gasteiger charge is -2.16. The molecule has 1 fully saturated rings. The number of anilines is 3. The molecule has 24 heavy (non-hydrogen) atoms. The van der Waals surface area contributed by atoms with E-state index in [4.69, 9.17) is 0 Å². The average Bonchev–Trinajstić information content (AvgIpc) is 3.33. The van der Waals surface area contributed by atoms with Crippen LogP contribution in [-0.4, -0.2) is 31.5 Å². The van der Waals surface area contributed by atoms with Crippen molar-refractivity contribution in [2.24, 2.45) is 5.92 Å². The molecule has 1 aliphatic carbocycles. The van der Waals surface area contributed by atoms with Gasteiger partial charge in [-0.15, -0.1) is 0 Å². The van der Waals surface area contributed by atoms with E-state index >= 15 is 0 Å². The van der Waals surface area contributed by atoms with Gasteiger partial charge in [-0.2, -0.15) is 8.42 Å². The third kappa shape index (κ3) is 2.77. The van der Waals surface area contributed by atoms with Crippen LogP contribution in [0.3, 0.4) is 0 Å². The van der Waals surface area contributed by atoms with Crippen LogP contribution in [-0.2, 0) is 10.2 Å². The van der Waals surface area contributed by atoms with E-state index in [1.165, 1.54) is 4.31 Å². The molecule has 8 heteroatoms. The highest BCUT2D eigenvalue weighted by Crippen LogP contribution is 2.40. The molecule has 0 radical (unpaired) electrons. The summed E-state index contributed by atoms with van der Waals surface area (Å²) in [5.74, 6) is 1.65. The van der Waals surface area contributed by atoms with E-state index in [-0.39, 0.29) is 0 Å². The molecule has 1 saturated carbocycles. The number of aromatic nitrogens is 2. The largest absolute Gasteiger partial charge is 0.370 e. The first kappa shape index (κ1) is 15.2. The Morgan fingerprint density at radius 3 is 2.88 bits per heavy atom. The first-order chi connectivity index (χ1) is 11.6. The summed E-state index contributed by atoms with van der Waals surface area (Å²) in [6.45, 7) is 3.32. The summed E-state index contributed by atoms with van der Waals surface area (Å²) >= 11 is 0. The Kier molecular flexibility index (Phi) is 3.56. The van der Waals surface area contributed by atoms with E-state index in [0.717, 1.165) is 36.3 Å². The van der Waals surface area contributed by atoms with E-state index in [1.54, 1.807) is 12.4 Å². The second-order valence-electron chi connectivity index (χ2n) is 6.13. The lowest BCUT2D eigenvalue weighted by Crippen LogP contribution is -2.31. The van der Waals surface area contributed by atoms with Crippen molar-refractivity contribution < 1.29 is 8.42 Å². The Labute approximate surface area is 141 Å². The topological polar surface area (TPSA) is 87.2 Å². The molecule has 2 aromatic heterocycles. The van der Waals surface area contributed by atoms with E-state index in [2.05, 4.69) is 20.0 Å². The number of fused-ring (bicyclic) bond motifs is 1. The first-order valence-corrected chi connectivity index (χ1v) is 9.51. The summed E-state index contributed by atoms with van der Waals surface area (Å²) in [5, 5.41) is 3.18. The van der Waals surface area contributed by atoms with Gasteiger partial charge in [0.2, 0.25) is 0 Å². The van der Waals surface area contributed by atoms with E-state index in [0.29, 0.717) is 24.0 Å². The molecule has 4 rings (SSSR count). The number of pyridine rings is 2. The van der Waals surface area contributed by atoms with E-state index in [1.807, 2.05) is 25.1 Å². The number of hydrogen-bond donors (Lipinski definition) is 2. The molecule has 2 N–H and O–H groups in total. The van der Waals surface area contributed by atoms with Crippen LogP contribution in [0.4, 0.5) is 17.3 Å². The molecule has 0 unspecified atom stereocenters. The smallest absolute Gasteiger partial charge is 0.325 e. The van der Waals surface area contributed by atoms with Gasteiger partial charge in [-0.25, -0.2) is 19.0 Å². The number of nitrogens with one attached hydrogen (secondary N) is 2. The molecule has 0 aromatic carbocycles. The van der Waals surface area contributed by atoms with Crippen molar-refractivity contribution in [3.63, 3.8) is 0 Å². The van der Waals surface area contributed by atoms with Crippen molar-refractivity contribution >= 4 is 27.5 Å². The van der Waals surface area contributed by atoms with Gasteiger partial charge in [-0.1, -0.05) is 0 Å². The number of nitrogens with zero attached hydrogens (tertiary/aromatic N) is 3. The first-order valence-electron chi connectivity index (χ1n) is 8.07. The van der Waals surface area contributed by atoms with Gasteiger partial charge in [0.05, 0.1) is 5.69 Å². The Bertz CT molecular complexity index is 880. The predicted octanol–water partition coefficient (Wildman–Crippen LogP) is 2.46. The molecular weight excluding hydrogens is 326 g/mol. The zero-order valence-corrected chi connectivity index (χ0v) is 14.2. The van der Waals surface area contributed by atoms with Gasteiger partial charge in [0, 0.05) is 31.0 Å². The van der Waals surface area contributed by atoms with Crippen LogP contribution in [0.2, 0.25) is 0 Å². The molecule has 2 aromatic rings. The minimum atomic E-state index is -3.52. The molecular formula is C16H19N5O2S. The van der Waals surface area contributed by atoms with Crippen molar-refractivity contribution in [1.29, 1.82) is 0 Å². The summed E-state index contributed by atoms with van der Waals surface area (Å²) < 4.78 is 28.6. The quantitative estimate of drug-likeness (QED) is 0.869. The second-order valence-corrected chi connectivity index (χ2v) is 7.73. The highest BCUT2D eigenvalue weighted by Gasteiger charge is 2.37. The molecule has 7 nitrogen and oxygen atoms in total. The van der Waals surface area contributed by atoms with E-state index < -0.39 is 10.2 Å². The molecule has 2 aliphatic rings. The lowest BCUT2D eigenvalue weighted by atomic mass is 10.1.